The number of aliphatic carboxylic acids is 1. The molecule has 0 aliphatic heterocycles. The highest BCUT2D eigenvalue weighted by Gasteiger charge is 2.29. The number of rotatable bonds is 4. The van der Waals surface area contributed by atoms with E-state index in [9.17, 15) is 4.79 Å². The van der Waals surface area contributed by atoms with Crippen molar-refractivity contribution in [1.29, 1.82) is 0 Å². The summed E-state index contributed by atoms with van der Waals surface area (Å²) in [5.74, 6) is 0.0509. The van der Waals surface area contributed by atoms with Crippen LogP contribution in [-0.4, -0.2) is 23.2 Å². The second-order valence-electron chi connectivity index (χ2n) is 4.74. The lowest BCUT2D eigenvalue weighted by Gasteiger charge is -2.25. The molecule has 3 heteroatoms. The Bertz CT molecular complexity index is 203. The highest BCUT2D eigenvalue weighted by Crippen LogP contribution is 2.25. The van der Waals surface area contributed by atoms with Gasteiger partial charge in [0.1, 0.15) is 6.04 Å². The van der Waals surface area contributed by atoms with E-state index in [0.29, 0.717) is 12.0 Å². The van der Waals surface area contributed by atoms with Crippen molar-refractivity contribution in [2.75, 3.05) is 0 Å². The van der Waals surface area contributed by atoms with Crippen molar-refractivity contribution >= 4 is 5.97 Å². The van der Waals surface area contributed by atoms with Crippen LogP contribution in [0, 0.1) is 11.8 Å². The zero-order valence-electron chi connectivity index (χ0n) is 9.29. The Hall–Kier alpha value is -0.570. The van der Waals surface area contributed by atoms with Gasteiger partial charge in [0.25, 0.3) is 0 Å². The molecule has 0 radical (unpaired) electrons. The minimum Gasteiger partial charge on any atom is -0.480 e. The SMILES string of the molecule is CC(C)C(NC1CCCC1C)C(=O)O. The first-order chi connectivity index (χ1) is 6.52. The molecule has 1 fully saturated rings. The predicted octanol–water partition coefficient (Wildman–Crippen LogP) is 1.87. The maximum absolute atomic E-state index is 11.0. The fourth-order valence-electron chi connectivity index (χ4n) is 2.17. The highest BCUT2D eigenvalue weighted by molar-refractivity contribution is 5.73. The average molecular weight is 199 g/mol. The molecule has 3 atom stereocenters. The van der Waals surface area contributed by atoms with Crippen LogP contribution in [0.2, 0.25) is 0 Å². The van der Waals surface area contributed by atoms with Gasteiger partial charge in [0.05, 0.1) is 0 Å². The molecular weight excluding hydrogens is 178 g/mol. The molecule has 0 aromatic carbocycles. The second kappa shape index (κ2) is 4.78. The van der Waals surface area contributed by atoms with Gasteiger partial charge < -0.3 is 10.4 Å². The van der Waals surface area contributed by atoms with Crippen LogP contribution < -0.4 is 5.32 Å². The molecule has 0 spiro atoms. The molecule has 2 N–H and O–H groups in total. The van der Waals surface area contributed by atoms with Crippen molar-refractivity contribution in [3.8, 4) is 0 Å². The van der Waals surface area contributed by atoms with E-state index in [1.54, 1.807) is 0 Å². The Morgan fingerprint density at radius 3 is 2.43 bits per heavy atom. The first-order valence-corrected chi connectivity index (χ1v) is 5.51. The summed E-state index contributed by atoms with van der Waals surface area (Å²) in [6.07, 6.45) is 3.57. The molecule has 1 saturated carbocycles. The van der Waals surface area contributed by atoms with Crippen LogP contribution in [0.3, 0.4) is 0 Å². The lowest BCUT2D eigenvalue weighted by atomic mass is 10.00. The Morgan fingerprint density at radius 2 is 2.07 bits per heavy atom. The van der Waals surface area contributed by atoms with E-state index < -0.39 is 5.97 Å². The average Bonchev–Trinajstić information content (AvgIpc) is 2.46. The van der Waals surface area contributed by atoms with E-state index in [-0.39, 0.29) is 12.0 Å². The molecule has 0 aromatic heterocycles. The minimum absolute atomic E-state index is 0.153. The van der Waals surface area contributed by atoms with Gasteiger partial charge in [-0.1, -0.05) is 27.2 Å². The van der Waals surface area contributed by atoms with Gasteiger partial charge in [-0.3, -0.25) is 4.79 Å². The first kappa shape index (κ1) is 11.5. The van der Waals surface area contributed by atoms with Gasteiger partial charge in [0.2, 0.25) is 0 Å². The quantitative estimate of drug-likeness (QED) is 0.726. The van der Waals surface area contributed by atoms with Crippen molar-refractivity contribution in [1.82, 2.24) is 5.32 Å². The van der Waals surface area contributed by atoms with Crippen molar-refractivity contribution in [3.05, 3.63) is 0 Å². The van der Waals surface area contributed by atoms with Crippen LogP contribution in [0.4, 0.5) is 0 Å². The van der Waals surface area contributed by atoms with E-state index in [2.05, 4.69) is 12.2 Å². The molecule has 3 unspecified atom stereocenters. The molecule has 14 heavy (non-hydrogen) atoms. The van der Waals surface area contributed by atoms with E-state index in [0.717, 1.165) is 6.42 Å². The number of carboxylic acids is 1. The third kappa shape index (κ3) is 2.71. The topological polar surface area (TPSA) is 49.3 Å². The van der Waals surface area contributed by atoms with Gasteiger partial charge in [-0.05, 0) is 24.7 Å². The molecular formula is C11H21NO2. The number of hydrogen-bond acceptors (Lipinski definition) is 2. The zero-order valence-corrected chi connectivity index (χ0v) is 9.29. The molecule has 1 aliphatic carbocycles. The van der Waals surface area contributed by atoms with Crippen LogP contribution in [0.1, 0.15) is 40.0 Å². The van der Waals surface area contributed by atoms with Gasteiger partial charge >= 0.3 is 5.97 Å². The van der Waals surface area contributed by atoms with Gasteiger partial charge in [0.15, 0.2) is 0 Å². The van der Waals surface area contributed by atoms with Crippen LogP contribution in [0.5, 0.6) is 0 Å². The van der Waals surface area contributed by atoms with Crippen molar-refractivity contribution in [3.63, 3.8) is 0 Å². The summed E-state index contributed by atoms with van der Waals surface area (Å²) in [7, 11) is 0. The maximum atomic E-state index is 11.0. The summed E-state index contributed by atoms with van der Waals surface area (Å²) in [4.78, 5) is 11.0. The Labute approximate surface area is 85.9 Å². The molecule has 0 aromatic rings. The largest absolute Gasteiger partial charge is 0.480 e. The van der Waals surface area contributed by atoms with Gasteiger partial charge in [0, 0.05) is 6.04 Å². The van der Waals surface area contributed by atoms with Gasteiger partial charge in [-0.2, -0.15) is 0 Å². The number of nitrogens with one attached hydrogen (secondary N) is 1. The predicted molar refractivity (Wildman–Crippen MR) is 56.2 cm³/mol. The summed E-state index contributed by atoms with van der Waals surface area (Å²) >= 11 is 0. The summed E-state index contributed by atoms with van der Waals surface area (Å²) in [6.45, 7) is 6.10. The lowest BCUT2D eigenvalue weighted by molar-refractivity contribution is -0.141. The van der Waals surface area contributed by atoms with Crippen LogP contribution in [-0.2, 0) is 4.79 Å². The normalized spacial score (nSPS) is 29.4. The molecule has 0 heterocycles. The lowest BCUT2D eigenvalue weighted by Crippen LogP contribution is -2.47. The third-order valence-electron chi connectivity index (χ3n) is 3.19. The van der Waals surface area contributed by atoms with Gasteiger partial charge in [-0.25, -0.2) is 0 Å². The molecule has 82 valence electrons. The Kier molecular flexibility index (Phi) is 3.93. The van der Waals surface area contributed by atoms with Crippen molar-refractivity contribution < 1.29 is 9.90 Å². The summed E-state index contributed by atoms with van der Waals surface area (Å²) in [6, 6.07) is 0.0130. The van der Waals surface area contributed by atoms with E-state index in [4.69, 9.17) is 5.11 Å². The van der Waals surface area contributed by atoms with E-state index in [1.165, 1.54) is 12.8 Å². The van der Waals surface area contributed by atoms with E-state index in [1.807, 2.05) is 13.8 Å². The van der Waals surface area contributed by atoms with Crippen LogP contribution in [0.15, 0.2) is 0 Å². The number of carbonyl (C=O) groups is 1. The molecule has 0 saturated heterocycles. The fourth-order valence-corrected chi connectivity index (χ4v) is 2.17. The summed E-state index contributed by atoms with van der Waals surface area (Å²) < 4.78 is 0. The summed E-state index contributed by atoms with van der Waals surface area (Å²) in [5, 5.41) is 12.3. The van der Waals surface area contributed by atoms with Crippen molar-refractivity contribution in [2.24, 2.45) is 11.8 Å². The highest BCUT2D eigenvalue weighted by atomic mass is 16.4. The van der Waals surface area contributed by atoms with Gasteiger partial charge in [-0.15, -0.1) is 0 Å². The second-order valence-corrected chi connectivity index (χ2v) is 4.74. The van der Waals surface area contributed by atoms with Crippen molar-refractivity contribution in [2.45, 2.75) is 52.1 Å². The smallest absolute Gasteiger partial charge is 0.320 e. The standard InChI is InChI=1S/C11H21NO2/c1-7(2)10(11(13)14)12-9-6-4-5-8(9)3/h7-10,12H,4-6H2,1-3H3,(H,13,14). The molecule has 1 aliphatic rings. The first-order valence-electron chi connectivity index (χ1n) is 5.51. The minimum atomic E-state index is -0.723. The van der Waals surface area contributed by atoms with Crippen LogP contribution in [0.25, 0.3) is 0 Å². The third-order valence-corrected chi connectivity index (χ3v) is 3.19. The fraction of sp³-hybridized carbons (Fsp3) is 0.909. The monoisotopic (exact) mass is 199 g/mol. The summed E-state index contributed by atoms with van der Waals surface area (Å²) in [5.41, 5.74) is 0. The Balaban J connectivity index is 2.50. The molecule has 3 nitrogen and oxygen atoms in total. The Morgan fingerprint density at radius 1 is 1.43 bits per heavy atom. The molecule has 0 amide bonds. The van der Waals surface area contributed by atoms with E-state index >= 15 is 0 Å². The molecule has 0 bridgehead atoms. The van der Waals surface area contributed by atoms with Crippen LogP contribution >= 0.6 is 0 Å². The number of hydrogen-bond donors (Lipinski definition) is 2. The number of carboxylic acid groups (broad SMARTS) is 1. The molecule has 1 rings (SSSR count). The zero-order chi connectivity index (χ0) is 10.7. The maximum Gasteiger partial charge on any atom is 0.320 e.